The third-order valence-electron chi connectivity index (χ3n) is 3.85. The summed E-state index contributed by atoms with van der Waals surface area (Å²) in [6, 6.07) is 16.9. The second kappa shape index (κ2) is 8.37. The second-order valence-corrected chi connectivity index (χ2v) is 6.30. The quantitative estimate of drug-likeness (QED) is 0.669. The molecule has 0 saturated carbocycles. The topological polar surface area (TPSA) is 97.0 Å². The minimum atomic E-state index is -0.681. The second-order valence-electron chi connectivity index (χ2n) is 5.86. The minimum Gasteiger partial charge on any atom is -0.452 e. The number of aromatic nitrogens is 2. The van der Waals surface area contributed by atoms with Crippen molar-refractivity contribution in [1.82, 2.24) is 9.78 Å². The number of hydrogen-bond donors (Lipinski definition) is 1. The Labute approximate surface area is 166 Å². The van der Waals surface area contributed by atoms with Crippen molar-refractivity contribution < 1.29 is 14.3 Å². The zero-order valence-electron chi connectivity index (χ0n) is 14.8. The molecule has 1 amide bonds. The summed E-state index contributed by atoms with van der Waals surface area (Å²) in [5, 5.41) is 16.5. The molecule has 0 atom stereocenters. The van der Waals surface area contributed by atoms with Crippen LogP contribution in [-0.4, -0.2) is 28.3 Å². The van der Waals surface area contributed by atoms with E-state index in [0.29, 0.717) is 22.1 Å². The normalized spacial score (nSPS) is 10.2. The third kappa shape index (κ3) is 4.55. The fraction of sp³-hybridized carbons (Fsp3) is 0.100. The Morgan fingerprint density at radius 3 is 2.68 bits per heavy atom. The van der Waals surface area contributed by atoms with Gasteiger partial charge in [-0.1, -0.05) is 29.8 Å². The zero-order chi connectivity index (χ0) is 20.1. The fourth-order valence-electron chi connectivity index (χ4n) is 2.46. The van der Waals surface area contributed by atoms with Crippen LogP contribution >= 0.6 is 11.6 Å². The molecule has 3 aromatic rings. The highest BCUT2D eigenvalue weighted by Crippen LogP contribution is 2.23. The number of rotatable bonds is 5. The van der Waals surface area contributed by atoms with Gasteiger partial charge in [0.25, 0.3) is 5.91 Å². The van der Waals surface area contributed by atoms with Gasteiger partial charge in [-0.15, -0.1) is 0 Å². The molecule has 1 aromatic heterocycles. The number of aryl methyl sites for hydroxylation is 1. The van der Waals surface area contributed by atoms with E-state index >= 15 is 0 Å². The van der Waals surface area contributed by atoms with Crippen LogP contribution in [0.15, 0.2) is 54.6 Å². The Morgan fingerprint density at radius 2 is 1.96 bits per heavy atom. The first-order chi connectivity index (χ1) is 13.5. The number of esters is 1. The van der Waals surface area contributed by atoms with Crippen LogP contribution in [-0.2, 0) is 16.6 Å². The van der Waals surface area contributed by atoms with Gasteiger partial charge in [0.1, 0.15) is 5.82 Å². The number of nitrogens with one attached hydrogen (secondary N) is 1. The summed E-state index contributed by atoms with van der Waals surface area (Å²) in [6.45, 7) is -0.461. The molecular formula is C20H15ClN4O3. The van der Waals surface area contributed by atoms with Gasteiger partial charge in [0.05, 0.1) is 22.9 Å². The number of hydrogen-bond acceptors (Lipinski definition) is 5. The van der Waals surface area contributed by atoms with Gasteiger partial charge in [-0.25, -0.2) is 4.79 Å². The summed E-state index contributed by atoms with van der Waals surface area (Å²) in [4.78, 5) is 24.1. The molecule has 8 heteroatoms. The highest BCUT2D eigenvalue weighted by Gasteiger charge is 2.13. The van der Waals surface area contributed by atoms with Crippen LogP contribution in [0.1, 0.15) is 15.9 Å². The van der Waals surface area contributed by atoms with Crippen LogP contribution in [0.2, 0.25) is 5.02 Å². The summed E-state index contributed by atoms with van der Waals surface area (Å²) >= 11 is 5.89. The van der Waals surface area contributed by atoms with Gasteiger partial charge >= 0.3 is 5.97 Å². The summed E-state index contributed by atoms with van der Waals surface area (Å²) in [6.07, 6.45) is 0. The molecule has 2 aromatic carbocycles. The molecule has 28 heavy (non-hydrogen) atoms. The predicted octanol–water partition coefficient (Wildman–Crippen LogP) is 3.41. The average molecular weight is 395 g/mol. The third-order valence-corrected chi connectivity index (χ3v) is 4.10. The molecule has 0 saturated heterocycles. The van der Waals surface area contributed by atoms with E-state index in [0.717, 1.165) is 5.56 Å². The molecule has 0 aliphatic carbocycles. The molecule has 0 bridgehead atoms. The van der Waals surface area contributed by atoms with Gasteiger partial charge < -0.3 is 10.1 Å². The van der Waals surface area contributed by atoms with Gasteiger partial charge in [0, 0.05) is 23.7 Å². The number of benzene rings is 2. The zero-order valence-corrected chi connectivity index (χ0v) is 15.6. The molecule has 140 valence electrons. The molecule has 3 rings (SSSR count). The van der Waals surface area contributed by atoms with Crippen molar-refractivity contribution >= 4 is 29.3 Å². The molecule has 0 unspecified atom stereocenters. The van der Waals surface area contributed by atoms with E-state index in [1.165, 1.54) is 16.8 Å². The lowest BCUT2D eigenvalue weighted by Gasteiger charge is -2.06. The van der Waals surface area contributed by atoms with Crippen LogP contribution < -0.4 is 5.32 Å². The average Bonchev–Trinajstić information content (AvgIpc) is 3.07. The van der Waals surface area contributed by atoms with E-state index in [2.05, 4.69) is 10.4 Å². The van der Waals surface area contributed by atoms with E-state index < -0.39 is 18.5 Å². The summed E-state index contributed by atoms with van der Waals surface area (Å²) in [7, 11) is 1.69. The van der Waals surface area contributed by atoms with E-state index in [-0.39, 0.29) is 5.56 Å². The van der Waals surface area contributed by atoms with E-state index in [1.54, 1.807) is 37.4 Å². The Hall–Kier alpha value is -3.63. The van der Waals surface area contributed by atoms with Crippen LogP contribution in [0.25, 0.3) is 11.3 Å². The van der Waals surface area contributed by atoms with Crippen molar-refractivity contribution in [3.05, 3.63) is 70.7 Å². The molecule has 0 aliphatic rings. The number of ether oxygens (including phenoxy) is 1. The standard InChI is InChI=1S/C20H15ClN4O3/c1-25-18(10-17(24-25)14-5-7-16(21)8-6-14)23-19(26)12-28-20(27)15-4-2-3-13(9-15)11-22/h2-10H,12H2,1H3,(H,23,26). The lowest BCUT2D eigenvalue weighted by molar-refractivity contribution is -0.119. The molecule has 1 heterocycles. The van der Waals surface area contributed by atoms with E-state index in [9.17, 15) is 9.59 Å². The summed E-state index contributed by atoms with van der Waals surface area (Å²) < 4.78 is 6.52. The highest BCUT2D eigenvalue weighted by molar-refractivity contribution is 6.30. The molecule has 0 aliphatic heterocycles. The lowest BCUT2D eigenvalue weighted by Crippen LogP contribution is -2.22. The van der Waals surface area contributed by atoms with Crippen LogP contribution in [0.3, 0.4) is 0 Å². The molecule has 0 fully saturated rings. The van der Waals surface area contributed by atoms with Crippen LogP contribution in [0, 0.1) is 11.3 Å². The van der Waals surface area contributed by atoms with E-state index in [1.807, 2.05) is 18.2 Å². The maximum Gasteiger partial charge on any atom is 0.338 e. The first-order valence-corrected chi connectivity index (χ1v) is 8.61. The predicted molar refractivity (Wildman–Crippen MR) is 104 cm³/mol. The number of amides is 1. The van der Waals surface area contributed by atoms with Gasteiger partial charge in [-0.05, 0) is 30.3 Å². The maximum atomic E-state index is 12.1. The molecule has 1 N–H and O–H groups in total. The number of nitrogens with zero attached hydrogens (tertiary/aromatic N) is 3. The largest absolute Gasteiger partial charge is 0.452 e. The smallest absolute Gasteiger partial charge is 0.338 e. The Kier molecular flexibility index (Phi) is 5.72. The summed E-state index contributed by atoms with van der Waals surface area (Å²) in [5.41, 5.74) is 2.06. The Bertz CT molecular complexity index is 1070. The number of carbonyl (C=O) groups excluding carboxylic acids is 2. The Morgan fingerprint density at radius 1 is 1.21 bits per heavy atom. The van der Waals surface area contributed by atoms with Crippen molar-refractivity contribution in [2.24, 2.45) is 7.05 Å². The van der Waals surface area contributed by atoms with Crippen molar-refractivity contribution in [3.8, 4) is 17.3 Å². The van der Waals surface area contributed by atoms with Crippen LogP contribution in [0.4, 0.5) is 5.82 Å². The Balaban J connectivity index is 1.61. The lowest BCUT2D eigenvalue weighted by atomic mass is 10.1. The first kappa shape index (κ1) is 19.1. The van der Waals surface area contributed by atoms with Crippen molar-refractivity contribution in [1.29, 1.82) is 5.26 Å². The fourth-order valence-corrected chi connectivity index (χ4v) is 2.58. The number of carbonyl (C=O) groups is 2. The molecule has 7 nitrogen and oxygen atoms in total. The molecular weight excluding hydrogens is 380 g/mol. The van der Waals surface area contributed by atoms with Gasteiger partial charge in [-0.3, -0.25) is 9.48 Å². The molecule has 0 radical (unpaired) electrons. The van der Waals surface area contributed by atoms with Crippen LogP contribution in [0.5, 0.6) is 0 Å². The van der Waals surface area contributed by atoms with Crippen molar-refractivity contribution in [3.63, 3.8) is 0 Å². The monoisotopic (exact) mass is 394 g/mol. The number of nitriles is 1. The first-order valence-electron chi connectivity index (χ1n) is 8.23. The minimum absolute atomic E-state index is 0.206. The van der Waals surface area contributed by atoms with Gasteiger partial charge in [-0.2, -0.15) is 10.4 Å². The number of halogens is 1. The van der Waals surface area contributed by atoms with Gasteiger partial charge in [0.15, 0.2) is 6.61 Å². The molecule has 0 spiro atoms. The van der Waals surface area contributed by atoms with Crippen molar-refractivity contribution in [2.75, 3.05) is 11.9 Å². The summed E-state index contributed by atoms with van der Waals surface area (Å²) in [5.74, 6) is -0.730. The van der Waals surface area contributed by atoms with Gasteiger partial charge in [0.2, 0.25) is 0 Å². The van der Waals surface area contributed by atoms with Crippen molar-refractivity contribution in [2.45, 2.75) is 0 Å². The highest BCUT2D eigenvalue weighted by atomic mass is 35.5. The maximum absolute atomic E-state index is 12.1. The number of anilines is 1. The SMILES string of the molecule is Cn1nc(-c2ccc(Cl)cc2)cc1NC(=O)COC(=O)c1cccc(C#N)c1. The van der Waals surface area contributed by atoms with E-state index in [4.69, 9.17) is 21.6 Å².